The summed E-state index contributed by atoms with van der Waals surface area (Å²) in [5.41, 5.74) is 2.20. The second-order valence-corrected chi connectivity index (χ2v) is 8.79. The maximum absolute atomic E-state index is 12.2. The highest BCUT2D eigenvalue weighted by molar-refractivity contribution is 7.80. The molecule has 0 aliphatic rings. The predicted octanol–water partition coefficient (Wildman–Crippen LogP) is 6.44. The molecule has 0 bridgehead atoms. The topological polar surface area (TPSA) is 83.4 Å². The van der Waals surface area contributed by atoms with Gasteiger partial charge >= 0.3 is 0 Å². The summed E-state index contributed by atoms with van der Waals surface area (Å²) >= 11 is 12.5. The van der Waals surface area contributed by atoms with Crippen molar-refractivity contribution < 1.29 is 14.0 Å². The Morgan fingerprint density at radius 2 is 1.62 bits per heavy atom. The van der Waals surface area contributed by atoms with Gasteiger partial charge in [-0.3, -0.25) is 14.9 Å². The van der Waals surface area contributed by atoms with Crippen molar-refractivity contribution in [2.24, 2.45) is 0 Å². The molecule has 2 heterocycles. The average molecular weight is 508 g/mol. The molecule has 9 heteroatoms. The highest BCUT2D eigenvalue weighted by atomic mass is 35.5. The summed E-state index contributed by atoms with van der Waals surface area (Å²) in [6, 6.07) is 21.4. The second-order valence-electron chi connectivity index (χ2n) is 6.99. The van der Waals surface area contributed by atoms with Gasteiger partial charge in [0.15, 0.2) is 5.11 Å². The smallest absolute Gasteiger partial charge is 0.265 e. The number of halogens is 1. The van der Waals surface area contributed by atoms with Crippen molar-refractivity contribution in [1.82, 2.24) is 5.32 Å². The number of thiophene rings is 1. The highest BCUT2D eigenvalue weighted by Crippen LogP contribution is 2.24. The molecule has 2 amide bonds. The molecule has 0 fully saturated rings. The van der Waals surface area contributed by atoms with Crippen LogP contribution in [-0.2, 0) is 4.79 Å². The minimum Gasteiger partial charge on any atom is -0.457 e. The molecule has 2 aromatic carbocycles. The zero-order valence-electron chi connectivity index (χ0n) is 17.6. The number of furan rings is 1. The van der Waals surface area contributed by atoms with E-state index in [1.807, 2.05) is 29.6 Å². The monoisotopic (exact) mass is 507 g/mol. The van der Waals surface area contributed by atoms with Crippen molar-refractivity contribution in [3.05, 3.63) is 99.9 Å². The average Bonchev–Trinajstić information content (AvgIpc) is 3.52. The van der Waals surface area contributed by atoms with Crippen LogP contribution in [0.15, 0.2) is 88.7 Å². The molecule has 4 rings (SSSR count). The number of thiocarbonyl (C=S) groups is 1. The van der Waals surface area contributed by atoms with E-state index in [0.717, 1.165) is 5.56 Å². The number of carbonyl (C=O) groups is 2. The SMILES string of the molecule is O=C(C=Cc1ccc(-c2ccc(Cl)cc2)o1)NC(=S)Nc1ccc(NC(=O)c2cccs2)cc1. The Hall–Kier alpha value is -3.72. The van der Waals surface area contributed by atoms with Gasteiger partial charge in [0.25, 0.3) is 5.91 Å². The van der Waals surface area contributed by atoms with Crippen LogP contribution in [-0.4, -0.2) is 16.9 Å². The van der Waals surface area contributed by atoms with Crippen molar-refractivity contribution in [2.75, 3.05) is 10.6 Å². The zero-order valence-corrected chi connectivity index (χ0v) is 20.0. The lowest BCUT2D eigenvalue weighted by molar-refractivity contribution is -0.115. The molecule has 0 atom stereocenters. The predicted molar refractivity (Wildman–Crippen MR) is 141 cm³/mol. The van der Waals surface area contributed by atoms with Gasteiger partial charge in [0.2, 0.25) is 5.91 Å². The Bertz CT molecular complexity index is 1330. The summed E-state index contributed by atoms with van der Waals surface area (Å²) in [5, 5.41) is 11.0. The minimum absolute atomic E-state index is 0.145. The van der Waals surface area contributed by atoms with Crippen LogP contribution < -0.4 is 16.0 Å². The van der Waals surface area contributed by atoms with E-state index >= 15 is 0 Å². The first-order chi connectivity index (χ1) is 16.5. The molecule has 3 N–H and O–H groups in total. The summed E-state index contributed by atoms with van der Waals surface area (Å²) in [6.45, 7) is 0. The standard InChI is InChI=1S/C25H18ClN3O3S2/c26-17-5-3-16(4-6-17)21-13-11-20(32-21)12-14-23(30)29-25(33)28-19-9-7-18(8-10-19)27-24(31)22-2-1-15-34-22/h1-15H,(H,27,31)(H2,28,29,30,33). The van der Waals surface area contributed by atoms with E-state index in [0.29, 0.717) is 32.8 Å². The third-order valence-electron chi connectivity index (χ3n) is 4.54. The van der Waals surface area contributed by atoms with E-state index in [-0.39, 0.29) is 11.0 Å². The maximum Gasteiger partial charge on any atom is 0.265 e. The van der Waals surface area contributed by atoms with Gasteiger partial charge in [-0.25, -0.2) is 0 Å². The van der Waals surface area contributed by atoms with Crippen LogP contribution >= 0.6 is 35.2 Å². The van der Waals surface area contributed by atoms with Crippen LogP contribution in [0.4, 0.5) is 11.4 Å². The van der Waals surface area contributed by atoms with Crippen molar-refractivity contribution in [1.29, 1.82) is 0 Å². The van der Waals surface area contributed by atoms with E-state index in [9.17, 15) is 9.59 Å². The van der Waals surface area contributed by atoms with Crippen molar-refractivity contribution in [3.8, 4) is 11.3 Å². The lowest BCUT2D eigenvalue weighted by atomic mass is 10.2. The van der Waals surface area contributed by atoms with Gasteiger partial charge in [-0.1, -0.05) is 17.7 Å². The largest absolute Gasteiger partial charge is 0.457 e. The highest BCUT2D eigenvalue weighted by Gasteiger charge is 2.08. The van der Waals surface area contributed by atoms with E-state index < -0.39 is 5.91 Å². The molecule has 0 saturated heterocycles. The van der Waals surface area contributed by atoms with Gasteiger partial charge in [-0.2, -0.15) is 0 Å². The third kappa shape index (κ3) is 6.41. The van der Waals surface area contributed by atoms with Crippen molar-refractivity contribution in [2.45, 2.75) is 0 Å². The first-order valence-corrected chi connectivity index (χ1v) is 11.7. The zero-order chi connectivity index (χ0) is 23.9. The van der Waals surface area contributed by atoms with E-state index in [1.165, 1.54) is 17.4 Å². The lowest BCUT2D eigenvalue weighted by Crippen LogP contribution is -2.32. The van der Waals surface area contributed by atoms with Gasteiger partial charge in [0.1, 0.15) is 11.5 Å². The van der Waals surface area contributed by atoms with Gasteiger partial charge < -0.3 is 15.1 Å². The van der Waals surface area contributed by atoms with Crippen LogP contribution in [0.3, 0.4) is 0 Å². The summed E-state index contributed by atoms with van der Waals surface area (Å²) in [4.78, 5) is 24.9. The second kappa shape index (κ2) is 10.9. The Labute approximate surface area is 210 Å². The lowest BCUT2D eigenvalue weighted by Gasteiger charge is -2.09. The first-order valence-electron chi connectivity index (χ1n) is 10.1. The number of anilines is 2. The van der Waals surface area contributed by atoms with Gasteiger partial charge in [-0.15, -0.1) is 11.3 Å². The molecule has 0 radical (unpaired) electrons. The molecule has 170 valence electrons. The number of carbonyl (C=O) groups excluding carboxylic acids is 2. The van der Waals surface area contributed by atoms with Crippen LogP contribution in [0.1, 0.15) is 15.4 Å². The fourth-order valence-corrected chi connectivity index (χ4v) is 3.89. The summed E-state index contributed by atoms with van der Waals surface area (Å²) in [7, 11) is 0. The maximum atomic E-state index is 12.2. The quantitative estimate of drug-likeness (QED) is 0.206. The van der Waals surface area contributed by atoms with Crippen LogP contribution in [0.5, 0.6) is 0 Å². The molecule has 6 nitrogen and oxygen atoms in total. The summed E-state index contributed by atoms with van der Waals surface area (Å²) in [5.74, 6) is 0.631. The fourth-order valence-electron chi connectivity index (χ4n) is 2.92. The molecule has 0 saturated carbocycles. The van der Waals surface area contributed by atoms with Crippen LogP contribution in [0.25, 0.3) is 17.4 Å². The molecule has 34 heavy (non-hydrogen) atoms. The van der Waals surface area contributed by atoms with Gasteiger partial charge in [0.05, 0.1) is 4.88 Å². The third-order valence-corrected chi connectivity index (χ3v) is 5.86. The molecule has 0 aliphatic heterocycles. The van der Waals surface area contributed by atoms with E-state index in [2.05, 4.69) is 16.0 Å². The van der Waals surface area contributed by atoms with Crippen LogP contribution in [0, 0.1) is 0 Å². The number of hydrogen-bond donors (Lipinski definition) is 3. The molecule has 0 aliphatic carbocycles. The Morgan fingerprint density at radius 3 is 2.29 bits per heavy atom. The first kappa shape index (κ1) is 23.4. The molecule has 0 unspecified atom stereocenters. The molecule has 0 spiro atoms. The molecule has 4 aromatic rings. The number of amides is 2. The summed E-state index contributed by atoms with van der Waals surface area (Å²) < 4.78 is 5.74. The van der Waals surface area contributed by atoms with Crippen molar-refractivity contribution in [3.63, 3.8) is 0 Å². The summed E-state index contributed by atoms with van der Waals surface area (Å²) in [6.07, 6.45) is 2.89. The van der Waals surface area contributed by atoms with Gasteiger partial charge in [0, 0.05) is 28.0 Å². The fraction of sp³-hybridized carbons (Fsp3) is 0. The normalized spacial score (nSPS) is 10.7. The Balaban J connectivity index is 1.27. The van der Waals surface area contributed by atoms with Crippen LogP contribution in [0.2, 0.25) is 5.02 Å². The minimum atomic E-state index is -0.401. The van der Waals surface area contributed by atoms with Gasteiger partial charge in [-0.05, 0) is 90.4 Å². The molecular formula is C25H18ClN3O3S2. The van der Waals surface area contributed by atoms with E-state index in [1.54, 1.807) is 54.6 Å². The van der Waals surface area contributed by atoms with E-state index in [4.69, 9.17) is 28.2 Å². The molecule has 2 aromatic heterocycles. The number of nitrogens with one attached hydrogen (secondary N) is 3. The number of rotatable bonds is 6. The number of benzene rings is 2. The molecular weight excluding hydrogens is 490 g/mol. The Morgan fingerprint density at radius 1 is 0.912 bits per heavy atom. The number of hydrogen-bond acceptors (Lipinski definition) is 5. The van der Waals surface area contributed by atoms with Crippen molar-refractivity contribution >= 4 is 69.5 Å². The Kier molecular flexibility index (Phi) is 7.54.